The van der Waals surface area contributed by atoms with Gasteiger partial charge in [0.05, 0.1) is 0 Å². The van der Waals surface area contributed by atoms with Crippen LogP contribution in [0, 0.1) is 11.8 Å². The molecule has 0 radical (unpaired) electrons. The van der Waals surface area contributed by atoms with Gasteiger partial charge in [0.2, 0.25) is 0 Å². The largest absolute Gasteiger partial charge is 0.500 e. The second-order valence-corrected chi connectivity index (χ2v) is 16.1. The molecule has 0 spiro atoms. The number of nitrogens with zero attached hydrogens (tertiary/aromatic N) is 2. The second kappa shape index (κ2) is 26.2. The summed E-state index contributed by atoms with van der Waals surface area (Å²) in [5.74, 6) is 1.34. The molecule has 0 N–H and O–H groups in total. The van der Waals surface area contributed by atoms with Crippen molar-refractivity contribution in [2.45, 2.75) is 121 Å². The summed E-state index contributed by atoms with van der Waals surface area (Å²) in [6.45, 7) is 30.5. The predicted octanol–water partition coefficient (Wildman–Crippen LogP) is 7.86. The molecule has 0 atom stereocenters. The van der Waals surface area contributed by atoms with Crippen LogP contribution in [0.4, 0.5) is 0 Å². The van der Waals surface area contributed by atoms with Crippen molar-refractivity contribution >= 4 is 29.0 Å². The Morgan fingerprint density at radius 1 is 0.500 bits per heavy atom. The highest BCUT2D eigenvalue weighted by Crippen LogP contribution is 2.19. The summed E-state index contributed by atoms with van der Waals surface area (Å²) in [7, 11) is -4.94. The van der Waals surface area contributed by atoms with Crippen LogP contribution in [0.15, 0.2) is 9.98 Å². The maximum Gasteiger partial charge on any atom is 0.500 e. The Hall–Kier alpha value is -0.466. The molecule has 0 aliphatic heterocycles. The Labute approximate surface area is 250 Å². The van der Waals surface area contributed by atoms with E-state index < -0.39 is 17.6 Å². The van der Waals surface area contributed by atoms with Gasteiger partial charge in [-0.1, -0.05) is 27.7 Å². The van der Waals surface area contributed by atoms with Crippen molar-refractivity contribution in [2.24, 2.45) is 21.8 Å². The van der Waals surface area contributed by atoms with E-state index in [1.807, 2.05) is 41.5 Å². The molecule has 240 valence electrons. The van der Waals surface area contributed by atoms with E-state index in [4.69, 9.17) is 26.6 Å². The van der Waals surface area contributed by atoms with E-state index in [0.717, 1.165) is 50.9 Å². The summed E-state index contributed by atoms with van der Waals surface area (Å²) < 4.78 is 35.0. The molecule has 0 unspecified atom stereocenters. The van der Waals surface area contributed by atoms with Crippen LogP contribution >= 0.6 is 0 Å². The predicted molar refractivity (Wildman–Crippen MR) is 175 cm³/mol. The average Bonchev–Trinajstić information content (AvgIpc) is 2.85. The van der Waals surface area contributed by atoms with E-state index in [1.54, 1.807) is 0 Å². The normalized spacial score (nSPS) is 13.2. The second-order valence-electron chi connectivity index (χ2n) is 10.6. The van der Waals surface area contributed by atoms with Crippen LogP contribution in [0.25, 0.3) is 0 Å². The molecule has 0 bridgehead atoms. The summed E-state index contributed by atoms with van der Waals surface area (Å²) in [4.78, 5) is 9.24. The van der Waals surface area contributed by atoms with Crippen molar-refractivity contribution in [1.82, 2.24) is 0 Å². The van der Waals surface area contributed by atoms with Gasteiger partial charge in [-0.3, -0.25) is 9.98 Å². The van der Waals surface area contributed by atoms with E-state index in [2.05, 4.69) is 51.5 Å². The van der Waals surface area contributed by atoms with Gasteiger partial charge < -0.3 is 26.6 Å². The first-order valence-electron chi connectivity index (χ1n) is 15.8. The Morgan fingerprint density at radius 3 is 0.950 bits per heavy atom. The maximum absolute atomic E-state index is 5.83. The molecule has 0 saturated heterocycles. The monoisotopic (exact) mass is 606 g/mol. The molecule has 40 heavy (non-hydrogen) atoms. The van der Waals surface area contributed by atoms with Gasteiger partial charge in [-0.05, 0) is 92.9 Å². The molecule has 0 saturated carbocycles. The van der Waals surface area contributed by atoms with Gasteiger partial charge in [-0.2, -0.15) is 0 Å². The first kappa shape index (κ1) is 41.7. The van der Waals surface area contributed by atoms with Crippen LogP contribution in [0.3, 0.4) is 0 Å². The van der Waals surface area contributed by atoms with Crippen molar-refractivity contribution in [2.75, 3.05) is 52.7 Å². The van der Waals surface area contributed by atoms with Gasteiger partial charge >= 0.3 is 17.6 Å². The number of hydrogen-bond donors (Lipinski definition) is 0. The SMILES string of the molecule is CCO[Si](CCCN=C(C)CC(C)C)(OCC)OCC.CCO[Si](CCCN=C(C)CC(C)C)(OCC)OCC. The zero-order valence-corrected chi connectivity index (χ0v) is 30.4. The van der Waals surface area contributed by atoms with E-state index >= 15 is 0 Å². The van der Waals surface area contributed by atoms with Crippen LogP contribution in [0.1, 0.15) is 109 Å². The van der Waals surface area contributed by atoms with Crippen LogP contribution < -0.4 is 0 Å². The van der Waals surface area contributed by atoms with Crippen LogP contribution in [0.5, 0.6) is 0 Å². The lowest BCUT2D eigenvalue weighted by Crippen LogP contribution is -2.46. The van der Waals surface area contributed by atoms with Crippen LogP contribution in [-0.4, -0.2) is 81.8 Å². The summed E-state index contributed by atoms with van der Waals surface area (Å²) in [5.41, 5.74) is 2.47. The highest BCUT2D eigenvalue weighted by atomic mass is 28.4. The summed E-state index contributed by atoms with van der Waals surface area (Å²) >= 11 is 0. The molecule has 10 heteroatoms. The Bertz CT molecular complexity index is 560. The minimum Gasteiger partial charge on any atom is -0.374 e. The Kier molecular flexibility index (Phi) is 27.3. The molecule has 0 aromatic heterocycles. The van der Waals surface area contributed by atoms with Gasteiger partial charge in [0.15, 0.2) is 0 Å². The first-order valence-corrected chi connectivity index (χ1v) is 19.7. The smallest absolute Gasteiger partial charge is 0.374 e. The highest BCUT2D eigenvalue weighted by molar-refractivity contribution is 6.61. The highest BCUT2D eigenvalue weighted by Gasteiger charge is 2.40. The molecule has 0 aliphatic carbocycles. The zero-order chi connectivity index (χ0) is 30.9. The topological polar surface area (TPSA) is 80.1 Å². The number of hydrogen-bond acceptors (Lipinski definition) is 8. The molecule has 0 aromatic carbocycles. The molecule has 0 fully saturated rings. The van der Waals surface area contributed by atoms with Crippen molar-refractivity contribution in [1.29, 1.82) is 0 Å². The summed E-state index contributed by atoms with van der Waals surface area (Å²) in [6.07, 6.45) is 4.07. The first-order chi connectivity index (χ1) is 19.0. The van der Waals surface area contributed by atoms with Crippen LogP contribution in [0.2, 0.25) is 12.1 Å². The fourth-order valence-electron chi connectivity index (χ4n) is 4.44. The molecular formula is C30H66N2O6Si2. The minimum atomic E-state index is -2.47. The lowest BCUT2D eigenvalue weighted by atomic mass is 10.1. The molecule has 0 aromatic rings. The van der Waals surface area contributed by atoms with Gasteiger partial charge in [0, 0.05) is 76.2 Å². The summed E-state index contributed by atoms with van der Waals surface area (Å²) in [6, 6.07) is 1.70. The van der Waals surface area contributed by atoms with Gasteiger partial charge in [-0.15, -0.1) is 0 Å². The quantitative estimate of drug-likeness (QED) is 0.0632. The van der Waals surface area contributed by atoms with Crippen molar-refractivity contribution in [3.63, 3.8) is 0 Å². The van der Waals surface area contributed by atoms with E-state index in [0.29, 0.717) is 51.5 Å². The number of rotatable bonds is 24. The Balaban J connectivity index is 0. The molecule has 0 rings (SSSR count). The molecular weight excluding hydrogens is 541 g/mol. The van der Waals surface area contributed by atoms with E-state index in [-0.39, 0.29) is 0 Å². The standard InChI is InChI=1S/2C15H33NO3Si/c2*1-7-17-20(18-8-2,19-9-3)12-10-11-16-15(6)13-14(4)5/h2*14H,7-13H2,1-6H3. The molecule has 0 aliphatic rings. The fraction of sp³-hybridized carbons (Fsp3) is 0.933. The molecule has 8 nitrogen and oxygen atoms in total. The Morgan fingerprint density at radius 2 is 0.750 bits per heavy atom. The minimum absolute atomic E-state index is 0.641. The molecule has 0 heterocycles. The lowest BCUT2D eigenvalue weighted by Gasteiger charge is -2.28. The van der Waals surface area contributed by atoms with Gasteiger partial charge in [0.1, 0.15) is 0 Å². The molecule has 0 amide bonds. The van der Waals surface area contributed by atoms with Crippen molar-refractivity contribution < 1.29 is 26.6 Å². The third kappa shape index (κ3) is 22.2. The van der Waals surface area contributed by atoms with Gasteiger partial charge in [0.25, 0.3) is 0 Å². The van der Waals surface area contributed by atoms with Crippen molar-refractivity contribution in [3.8, 4) is 0 Å². The third-order valence-electron chi connectivity index (χ3n) is 5.64. The lowest BCUT2D eigenvalue weighted by molar-refractivity contribution is 0.0702. The van der Waals surface area contributed by atoms with Crippen LogP contribution in [-0.2, 0) is 26.6 Å². The third-order valence-corrected chi connectivity index (χ3v) is 11.9. The summed E-state index contributed by atoms with van der Waals surface area (Å²) in [5, 5.41) is 0. The van der Waals surface area contributed by atoms with E-state index in [1.165, 1.54) is 11.4 Å². The maximum atomic E-state index is 5.83. The average molecular weight is 607 g/mol. The van der Waals surface area contributed by atoms with Crippen molar-refractivity contribution in [3.05, 3.63) is 0 Å². The van der Waals surface area contributed by atoms with Gasteiger partial charge in [-0.25, -0.2) is 0 Å². The van der Waals surface area contributed by atoms with E-state index in [9.17, 15) is 0 Å². The zero-order valence-electron chi connectivity index (χ0n) is 28.4. The fourth-order valence-corrected chi connectivity index (χ4v) is 9.63. The number of aliphatic imine (C=N–C) groups is 2.